The number of aromatic nitrogens is 1. The summed E-state index contributed by atoms with van der Waals surface area (Å²) in [7, 11) is 1.75. The molecule has 10 heteroatoms. The Morgan fingerprint density at radius 3 is 2.66 bits per heavy atom. The van der Waals surface area contributed by atoms with Gasteiger partial charge in [-0.1, -0.05) is 0 Å². The van der Waals surface area contributed by atoms with Gasteiger partial charge in [0.2, 0.25) is 0 Å². The fourth-order valence-corrected chi connectivity index (χ4v) is 6.25. The summed E-state index contributed by atoms with van der Waals surface area (Å²) >= 11 is 0. The first kappa shape index (κ1) is 21.5. The second-order valence-corrected chi connectivity index (χ2v) is 9.57. The van der Waals surface area contributed by atoms with E-state index < -0.39 is 12.1 Å². The van der Waals surface area contributed by atoms with E-state index in [2.05, 4.69) is 14.6 Å². The van der Waals surface area contributed by atoms with Crippen molar-refractivity contribution >= 4 is 17.2 Å². The molecule has 5 atom stereocenters. The van der Waals surface area contributed by atoms with Crippen LogP contribution >= 0.6 is 0 Å². The number of rotatable bonds is 7. The third-order valence-electron chi connectivity index (χ3n) is 7.60. The molecule has 2 heterocycles. The molecule has 0 bridgehead atoms. The number of alkyl halides is 3. The van der Waals surface area contributed by atoms with Crippen LogP contribution in [0.3, 0.4) is 0 Å². The maximum Gasteiger partial charge on any atom is 0.573 e. The molecule has 3 aliphatic carbocycles. The second-order valence-electron chi connectivity index (χ2n) is 9.57. The van der Waals surface area contributed by atoms with Crippen molar-refractivity contribution in [1.29, 1.82) is 0 Å². The van der Waals surface area contributed by atoms with E-state index in [1.165, 1.54) is 18.7 Å². The lowest BCUT2D eigenvalue weighted by atomic mass is 9.59. The molecule has 0 aromatic carbocycles. The minimum Gasteiger partial charge on any atom is -0.402 e. The largest absolute Gasteiger partial charge is 0.573 e. The molecule has 1 saturated heterocycles. The van der Waals surface area contributed by atoms with E-state index in [1.54, 1.807) is 7.11 Å². The first-order valence-electron chi connectivity index (χ1n) is 10.9. The van der Waals surface area contributed by atoms with E-state index in [-0.39, 0.29) is 17.3 Å². The van der Waals surface area contributed by atoms with Gasteiger partial charge in [0.1, 0.15) is 0 Å². The molecule has 7 nitrogen and oxygen atoms in total. The van der Waals surface area contributed by atoms with Crippen LogP contribution in [0.2, 0.25) is 0 Å². The van der Waals surface area contributed by atoms with Crippen molar-refractivity contribution in [3.05, 3.63) is 23.9 Å². The molecule has 5 rings (SSSR count). The third kappa shape index (κ3) is 3.10. The number of pyridine rings is 1. The summed E-state index contributed by atoms with van der Waals surface area (Å²) in [6, 6.07) is 1.83. The molecule has 4 fully saturated rings. The zero-order valence-electron chi connectivity index (χ0n) is 18.3. The summed E-state index contributed by atoms with van der Waals surface area (Å²) in [6.07, 6.45) is -0.172. The van der Waals surface area contributed by atoms with Gasteiger partial charge in [-0.3, -0.25) is 9.89 Å². The van der Waals surface area contributed by atoms with Crippen LogP contribution in [0, 0.1) is 23.2 Å². The van der Waals surface area contributed by atoms with Crippen LogP contribution in [0.5, 0.6) is 5.75 Å². The second kappa shape index (κ2) is 7.08. The minimum absolute atomic E-state index is 0.0598. The maximum atomic E-state index is 12.7. The Labute approximate surface area is 184 Å². The van der Waals surface area contributed by atoms with Crippen LogP contribution in [-0.4, -0.2) is 60.3 Å². The van der Waals surface area contributed by atoms with Crippen LogP contribution in [0.4, 0.5) is 19.0 Å². The molecule has 32 heavy (non-hydrogen) atoms. The third-order valence-corrected chi connectivity index (χ3v) is 7.60. The maximum absolute atomic E-state index is 12.7. The van der Waals surface area contributed by atoms with Gasteiger partial charge in [-0.2, -0.15) is 0 Å². The van der Waals surface area contributed by atoms with Gasteiger partial charge in [-0.15, -0.1) is 13.2 Å². The standard InChI is InChI=1S/C22H28F3N5O2/c1-10(2)29-17(6-15(26)11-4-16(20(27)28-7-11)32-22(23,24)25)21-13-5-14(21)19(18(13)21)30-8-12(9-30)31-3/h4,6-7,10,12-14,18-19H,5,8-9,26H2,1-3H3,(H2,27,28). The summed E-state index contributed by atoms with van der Waals surface area (Å²) in [4.78, 5) is 11.2. The number of aliphatic imine (C=N–C) groups is 1. The number of anilines is 1. The fraction of sp³-hybridized carbons (Fsp3) is 0.636. The van der Waals surface area contributed by atoms with Gasteiger partial charge in [0.05, 0.1) is 6.10 Å². The van der Waals surface area contributed by atoms with Crippen LogP contribution in [-0.2, 0) is 4.74 Å². The topological polar surface area (TPSA) is 99.0 Å². The average Bonchev–Trinajstić information content (AvgIpc) is 2.90. The van der Waals surface area contributed by atoms with Crippen molar-refractivity contribution in [1.82, 2.24) is 9.88 Å². The monoisotopic (exact) mass is 451 g/mol. The first-order valence-corrected chi connectivity index (χ1v) is 10.9. The van der Waals surface area contributed by atoms with Crippen molar-refractivity contribution in [2.75, 3.05) is 25.9 Å². The van der Waals surface area contributed by atoms with E-state index in [4.69, 9.17) is 21.2 Å². The number of allylic oxidation sites excluding steroid dienone is 1. The molecule has 174 valence electrons. The minimum atomic E-state index is -4.86. The van der Waals surface area contributed by atoms with Crippen LogP contribution < -0.4 is 16.2 Å². The Bertz CT molecular complexity index is 980. The molecule has 4 aliphatic rings. The Kier molecular flexibility index (Phi) is 4.76. The van der Waals surface area contributed by atoms with E-state index in [1.807, 2.05) is 19.9 Å². The first-order chi connectivity index (χ1) is 15.1. The summed E-state index contributed by atoms with van der Waals surface area (Å²) in [5, 5.41) is 0. The van der Waals surface area contributed by atoms with Gasteiger partial charge in [0.15, 0.2) is 11.6 Å². The predicted octanol–water partition coefficient (Wildman–Crippen LogP) is 2.68. The highest BCUT2D eigenvalue weighted by molar-refractivity contribution is 6.09. The van der Waals surface area contributed by atoms with Gasteiger partial charge in [-0.25, -0.2) is 4.98 Å². The molecule has 1 aromatic heterocycles. The Hall–Kier alpha value is -2.33. The van der Waals surface area contributed by atoms with Crippen molar-refractivity contribution in [2.45, 2.75) is 44.8 Å². The zero-order chi connectivity index (χ0) is 23.0. The SMILES string of the molecule is COC1CN(C2C3CC4C2C34C(C=C(N)c2cnc(N)c(OC(F)(F)F)c2)=NC(C)C)C1. The molecule has 0 spiro atoms. The van der Waals surface area contributed by atoms with E-state index in [0.29, 0.717) is 41.2 Å². The highest BCUT2D eigenvalue weighted by Gasteiger charge is 2.90. The number of nitrogens with two attached hydrogens (primary N) is 2. The number of fused-ring (bicyclic) bond motifs is 1. The van der Waals surface area contributed by atoms with E-state index >= 15 is 0 Å². The van der Waals surface area contributed by atoms with Crippen LogP contribution in [0.1, 0.15) is 25.8 Å². The highest BCUT2D eigenvalue weighted by atomic mass is 19.4. The summed E-state index contributed by atoms with van der Waals surface area (Å²) < 4.78 is 47.4. The predicted molar refractivity (Wildman–Crippen MR) is 114 cm³/mol. The Morgan fingerprint density at radius 2 is 2.06 bits per heavy atom. The number of hydrogen-bond acceptors (Lipinski definition) is 7. The van der Waals surface area contributed by atoms with E-state index in [0.717, 1.165) is 18.8 Å². The Morgan fingerprint density at radius 1 is 1.34 bits per heavy atom. The molecule has 4 N–H and O–H groups in total. The summed E-state index contributed by atoms with van der Waals surface area (Å²) in [5.41, 5.74) is 13.5. The Balaban J connectivity index is 1.38. The molecular formula is C22H28F3N5O2. The summed E-state index contributed by atoms with van der Waals surface area (Å²) in [6.45, 7) is 5.98. The fourth-order valence-electron chi connectivity index (χ4n) is 6.25. The van der Waals surface area contributed by atoms with Crippen molar-refractivity contribution in [3.63, 3.8) is 0 Å². The number of hydrogen-bond donors (Lipinski definition) is 2. The van der Waals surface area contributed by atoms with E-state index in [9.17, 15) is 13.2 Å². The van der Waals surface area contributed by atoms with Crippen molar-refractivity contribution in [2.24, 2.45) is 33.9 Å². The summed E-state index contributed by atoms with van der Waals surface area (Å²) in [5.74, 6) is 0.816. The lowest BCUT2D eigenvalue weighted by Gasteiger charge is -2.55. The number of halogens is 3. The molecular weight excluding hydrogens is 423 g/mol. The van der Waals surface area contributed by atoms with Gasteiger partial charge in [-0.05, 0) is 50.2 Å². The van der Waals surface area contributed by atoms with Gasteiger partial charge in [0.25, 0.3) is 0 Å². The quantitative estimate of drug-likeness (QED) is 0.619. The normalized spacial score (nSPS) is 34.5. The molecule has 5 unspecified atom stereocenters. The number of likely N-dealkylation sites (tertiary alicyclic amines) is 1. The van der Waals surface area contributed by atoms with Crippen molar-refractivity contribution < 1.29 is 22.6 Å². The highest BCUT2D eigenvalue weighted by Crippen LogP contribution is 2.88. The van der Waals surface area contributed by atoms with Crippen molar-refractivity contribution in [3.8, 4) is 5.75 Å². The number of ether oxygens (including phenoxy) is 2. The van der Waals surface area contributed by atoms with Crippen LogP contribution in [0.25, 0.3) is 5.70 Å². The lowest BCUT2D eigenvalue weighted by molar-refractivity contribution is -0.274. The smallest absolute Gasteiger partial charge is 0.402 e. The molecule has 1 aromatic rings. The lowest BCUT2D eigenvalue weighted by Crippen LogP contribution is -2.65. The average molecular weight is 451 g/mol. The molecule has 0 amide bonds. The number of nitrogens with zero attached hydrogens (tertiary/aromatic N) is 3. The molecule has 1 aliphatic heterocycles. The number of nitrogen functional groups attached to an aromatic ring is 1. The zero-order valence-corrected chi connectivity index (χ0v) is 18.3. The van der Waals surface area contributed by atoms with Gasteiger partial charge in [0, 0.05) is 60.9 Å². The van der Waals surface area contributed by atoms with Gasteiger partial charge < -0.3 is 20.9 Å². The molecule has 3 saturated carbocycles. The van der Waals surface area contributed by atoms with Crippen LogP contribution in [0.15, 0.2) is 23.3 Å². The van der Waals surface area contributed by atoms with Gasteiger partial charge >= 0.3 is 6.36 Å². The number of methoxy groups -OCH3 is 1. The molecule has 0 radical (unpaired) electrons.